The van der Waals surface area contributed by atoms with Gasteiger partial charge in [0.2, 0.25) is 0 Å². The van der Waals surface area contributed by atoms with Crippen molar-refractivity contribution in [1.82, 2.24) is 14.7 Å². The van der Waals surface area contributed by atoms with Crippen LogP contribution in [0.25, 0.3) is 11.3 Å². The highest BCUT2D eigenvalue weighted by Crippen LogP contribution is 2.38. The smallest absolute Gasteiger partial charge is 0.254 e. The van der Waals surface area contributed by atoms with E-state index in [-0.39, 0.29) is 17.5 Å². The van der Waals surface area contributed by atoms with Crippen molar-refractivity contribution in [3.05, 3.63) is 75.7 Å². The highest BCUT2D eigenvalue weighted by molar-refractivity contribution is 6.30. The molecule has 4 nitrogen and oxygen atoms in total. The third-order valence-corrected chi connectivity index (χ3v) is 5.92. The Labute approximate surface area is 183 Å². The Morgan fingerprint density at radius 1 is 1.19 bits per heavy atom. The Bertz CT molecular complexity index is 1140. The van der Waals surface area contributed by atoms with Crippen LogP contribution in [-0.4, -0.2) is 27.1 Å². The molecule has 1 saturated heterocycles. The average Bonchev–Trinajstić information content (AvgIpc) is 3.35. The molecule has 0 unspecified atom stereocenters. The van der Waals surface area contributed by atoms with Gasteiger partial charge in [0, 0.05) is 35.3 Å². The monoisotopic (exact) mass is 447 g/mol. The van der Waals surface area contributed by atoms with Crippen LogP contribution in [-0.2, 0) is 13.5 Å². The molecule has 2 aromatic carbocycles. The van der Waals surface area contributed by atoms with Crippen LogP contribution < -0.4 is 0 Å². The lowest BCUT2D eigenvalue weighted by molar-refractivity contribution is 0.0732. The third kappa shape index (κ3) is 3.83. The second-order valence-corrected chi connectivity index (χ2v) is 8.05. The summed E-state index contributed by atoms with van der Waals surface area (Å²) in [6.07, 6.45) is 2.07. The highest BCUT2D eigenvalue weighted by atomic mass is 35.5. The summed E-state index contributed by atoms with van der Waals surface area (Å²) in [6, 6.07) is 8.47. The summed E-state index contributed by atoms with van der Waals surface area (Å²) >= 11 is 6.05. The number of halogens is 4. The Kier molecular flexibility index (Phi) is 5.79. The molecule has 2 heterocycles. The Morgan fingerprint density at radius 3 is 2.55 bits per heavy atom. The van der Waals surface area contributed by atoms with Gasteiger partial charge in [-0.15, -0.1) is 0 Å². The average molecular weight is 448 g/mol. The van der Waals surface area contributed by atoms with Crippen molar-refractivity contribution in [2.75, 3.05) is 6.54 Å². The Morgan fingerprint density at radius 2 is 1.90 bits per heavy atom. The van der Waals surface area contributed by atoms with E-state index >= 15 is 0 Å². The maximum Gasteiger partial charge on any atom is 0.254 e. The number of aryl methyl sites for hydroxylation is 1. The molecular weight excluding hydrogens is 427 g/mol. The lowest BCUT2D eigenvalue weighted by atomic mass is 9.98. The number of carbonyl (C=O) groups is 1. The number of hydrogen-bond acceptors (Lipinski definition) is 2. The number of hydrogen-bond donors (Lipinski definition) is 0. The lowest BCUT2D eigenvalue weighted by Crippen LogP contribution is -2.31. The van der Waals surface area contributed by atoms with Crippen LogP contribution in [0.15, 0.2) is 36.4 Å². The predicted octanol–water partition coefficient (Wildman–Crippen LogP) is 5.70. The van der Waals surface area contributed by atoms with Gasteiger partial charge >= 0.3 is 0 Å². The van der Waals surface area contributed by atoms with E-state index in [1.165, 1.54) is 0 Å². The van der Waals surface area contributed by atoms with E-state index in [1.807, 2.05) is 6.92 Å². The van der Waals surface area contributed by atoms with Crippen molar-refractivity contribution in [3.8, 4) is 11.3 Å². The van der Waals surface area contributed by atoms with E-state index in [4.69, 9.17) is 11.6 Å². The largest absolute Gasteiger partial charge is 0.330 e. The number of nitrogens with zero attached hydrogens (tertiary/aromatic N) is 3. The maximum absolute atomic E-state index is 13.9. The van der Waals surface area contributed by atoms with Crippen molar-refractivity contribution in [1.29, 1.82) is 0 Å². The molecule has 0 spiro atoms. The van der Waals surface area contributed by atoms with Gasteiger partial charge in [-0.05, 0) is 49.6 Å². The van der Waals surface area contributed by atoms with E-state index in [0.717, 1.165) is 30.5 Å². The SMILES string of the molecule is CCc1c([C@@H]2CCCN2C(=O)c2cccc(Cl)c2)nn(C)c1-c1cc(F)c(F)c(F)c1. The number of amides is 1. The normalized spacial score (nSPS) is 16.2. The summed E-state index contributed by atoms with van der Waals surface area (Å²) in [6.45, 7) is 2.49. The minimum atomic E-state index is -1.50. The maximum atomic E-state index is 13.9. The predicted molar refractivity (Wildman–Crippen MR) is 112 cm³/mol. The first-order valence-corrected chi connectivity index (χ1v) is 10.5. The number of likely N-dealkylation sites (tertiary alicyclic amines) is 1. The molecule has 0 radical (unpaired) electrons. The molecule has 1 amide bonds. The molecular formula is C23H21ClF3N3O. The zero-order valence-electron chi connectivity index (χ0n) is 17.1. The van der Waals surface area contributed by atoms with Crippen LogP contribution in [0.3, 0.4) is 0 Å². The fourth-order valence-corrected chi connectivity index (χ4v) is 4.53. The van der Waals surface area contributed by atoms with Gasteiger partial charge in [-0.1, -0.05) is 24.6 Å². The topological polar surface area (TPSA) is 38.1 Å². The van der Waals surface area contributed by atoms with Gasteiger partial charge in [0.1, 0.15) is 0 Å². The van der Waals surface area contributed by atoms with Gasteiger partial charge in [-0.25, -0.2) is 13.2 Å². The summed E-state index contributed by atoms with van der Waals surface area (Å²) in [7, 11) is 1.68. The van der Waals surface area contributed by atoms with E-state index in [1.54, 1.807) is 40.9 Å². The van der Waals surface area contributed by atoms with Crippen molar-refractivity contribution < 1.29 is 18.0 Å². The van der Waals surface area contributed by atoms with Crippen LogP contribution in [0.1, 0.15) is 47.4 Å². The van der Waals surface area contributed by atoms with Crippen molar-refractivity contribution in [2.45, 2.75) is 32.2 Å². The molecule has 1 aromatic heterocycles. The molecule has 162 valence electrons. The Hall–Kier alpha value is -2.80. The second-order valence-electron chi connectivity index (χ2n) is 7.61. The zero-order chi connectivity index (χ0) is 22.3. The molecule has 0 bridgehead atoms. The van der Waals surface area contributed by atoms with Gasteiger partial charge in [-0.2, -0.15) is 5.10 Å². The molecule has 1 aliphatic heterocycles. The van der Waals surface area contributed by atoms with Gasteiger partial charge in [0.05, 0.1) is 17.4 Å². The molecule has 8 heteroatoms. The lowest BCUT2D eigenvalue weighted by Gasteiger charge is -2.24. The first kappa shape index (κ1) is 21.4. The van der Waals surface area contributed by atoms with Crippen LogP contribution in [0, 0.1) is 17.5 Å². The summed E-state index contributed by atoms with van der Waals surface area (Å²) in [4.78, 5) is 14.9. The number of benzene rings is 2. The van der Waals surface area contributed by atoms with E-state index in [2.05, 4.69) is 5.10 Å². The van der Waals surface area contributed by atoms with Crippen molar-refractivity contribution in [2.24, 2.45) is 7.05 Å². The molecule has 1 atom stereocenters. The number of carbonyl (C=O) groups excluding carboxylic acids is 1. The molecule has 0 N–H and O–H groups in total. The molecule has 0 aliphatic carbocycles. The van der Waals surface area contributed by atoms with Gasteiger partial charge in [0.25, 0.3) is 5.91 Å². The van der Waals surface area contributed by atoms with Crippen molar-refractivity contribution >= 4 is 17.5 Å². The first-order chi connectivity index (χ1) is 14.8. The first-order valence-electron chi connectivity index (χ1n) is 10.1. The van der Waals surface area contributed by atoms with E-state index in [0.29, 0.717) is 34.9 Å². The third-order valence-electron chi connectivity index (χ3n) is 5.69. The molecule has 31 heavy (non-hydrogen) atoms. The fourth-order valence-electron chi connectivity index (χ4n) is 4.34. The van der Waals surface area contributed by atoms with Crippen LogP contribution in [0.2, 0.25) is 5.02 Å². The summed E-state index contributed by atoms with van der Waals surface area (Å²) in [5.41, 5.74) is 2.69. The standard InChI is InChI=1S/C23H21ClF3N3O/c1-3-16-21(28-29(2)22(16)14-11-17(25)20(27)18(26)12-14)19-8-5-9-30(19)23(31)13-6-4-7-15(24)10-13/h4,6-7,10-12,19H,3,5,8-9H2,1-2H3/t19-/m0/s1. The minimum Gasteiger partial charge on any atom is -0.330 e. The summed E-state index contributed by atoms with van der Waals surface area (Å²) in [5, 5.41) is 5.11. The highest BCUT2D eigenvalue weighted by Gasteiger charge is 2.35. The number of rotatable bonds is 4. The summed E-state index contributed by atoms with van der Waals surface area (Å²) in [5.74, 6) is -4.15. The van der Waals surface area contributed by atoms with Gasteiger partial charge in [0.15, 0.2) is 17.5 Å². The van der Waals surface area contributed by atoms with Gasteiger partial charge < -0.3 is 4.90 Å². The van der Waals surface area contributed by atoms with E-state index in [9.17, 15) is 18.0 Å². The van der Waals surface area contributed by atoms with Gasteiger partial charge in [-0.3, -0.25) is 9.48 Å². The molecule has 1 aliphatic rings. The van der Waals surface area contributed by atoms with Crippen LogP contribution in [0.4, 0.5) is 13.2 Å². The fraction of sp³-hybridized carbons (Fsp3) is 0.304. The second kappa shape index (κ2) is 8.38. The van der Waals surface area contributed by atoms with Crippen molar-refractivity contribution in [3.63, 3.8) is 0 Å². The van der Waals surface area contributed by atoms with Crippen LogP contribution >= 0.6 is 11.6 Å². The quantitative estimate of drug-likeness (QED) is 0.481. The Balaban J connectivity index is 1.76. The van der Waals surface area contributed by atoms with E-state index < -0.39 is 17.5 Å². The number of aromatic nitrogens is 2. The zero-order valence-corrected chi connectivity index (χ0v) is 17.9. The molecule has 1 fully saturated rings. The van der Waals surface area contributed by atoms with Crippen LogP contribution in [0.5, 0.6) is 0 Å². The molecule has 3 aromatic rings. The molecule has 0 saturated carbocycles. The minimum absolute atomic E-state index is 0.141. The summed E-state index contributed by atoms with van der Waals surface area (Å²) < 4.78 is 42.8. The molecule has 4 rings (SSSR count).